The SMILES string of the molecule is COC(=O)c1c(C)c(Br)cc2nc(OC)ccc12. The van der Waals surface area contributed by atoms with Crippen LogP contribution in [-0.2, 0) is 4.74 Å². The molecule has 5 heteroatoms. The minimum absolute atomic E-state index is 0.370. The molecule has 0 N–H and O–H groups in total. The topological polar surface area (TPSA) is 48.4 Å². The molecule has 1 aromatic heterocycles. The molecular formula is C13H12BrNO3. The third-order valence-corrected chi connectivity index (χ3v) is 3.59. The second kappa shape index (κ2) is 4.94. The number of hydrogen-bond acceptors (Lipinski definition) is 4. The van der Waals surface area contributed by atoms with Gasteiger partial charge in [0.25, 0.3) is 0 Å². The van der Waals surface area contributed by atoms with Gasteiger partial charge < -0.3 is 9.47 Å². The van der Waals surface area contributed by atoms with Gasteiger partial charge in [-0.1, -0.05) is 15.9 Å². The van der Waals surface area contributed by atoms with Crippen molar-refractivity contribution in [2.24, 2.45) is 0 Å². The molecule has 94 valence electrons. The highest BCUT2D eigenvalue weighted by Crippen LogP contribution is 2.29. The van der Waals surface area contributed by atoms with Crippen LogP contribution in [0.4, 0.5) is 0 Å². The molecule has 0 fully saturated rings. The summed E-state index contributed by atoms with van der Waals surface area (Å²) in [5, 5.41) is 0.753. The Morgan fingerprint density at radius 3 is 2.67 bits per heavy atom. The average molecular weight is 310 g/mol. The van der Waals surface area contributed by atoms with Crippen LogP contribution in [0, 0.1) is 6.92 Å². The number of methoxy groups -OCH3 is 2. The number of halogens is 1. The van der Waals surface area contributed by atoms with Gasteiger partial charge >= 0.3 is 5.97 Å². The van der Waals surface area contributed by atoms with Crippen molar-refractivity contribution in [3.05, 3.63) is 33.8 Å². The van der Waals surface area contributed by atoms with E-state index in [0.717, 1.165) is 15.4 Å². The van der Waals surface area contributed by atoms with E-state index in [-0.39, 0.29) is 5.97 Å². The Labute approximate surface area is 113 Å². The Balaban J connectivity index is 2.81. The minimum atomic E-state index is -0.370. The third-order valence-electron chi connectivity index (χ3n) is 2.76. The first-order valence-corrected chi connectivity index (χ1v) is 6.10. The molecule has 4 nitrogen and oxygen atoms in total. The standard InChI is InChI=1S/C13H12BrNO3/c1-7-9(14)6-10-8(12(7)13(16)18-3)4-5-11(15-10)17-2/h4-6H,1-3H3. The molecular weight excluding hydrogens is 298 g/mol. The first kappa shape index (κ1) is 12.8. The molecule has 0 aliphatic heterocycles. The summed E-state index contributed by atoms with van der Waals surface area (Å²) < 4.78 is 10.7. The molecule has 0 unspecified atom stereocenters. The Morgan fingerprint density at radius 2 is 2.06 bits per heavy atom. The molecule has 0 aliphatic rings. The second-order valence-electron chi connectivity index (χ2n) is 3.77. The van der Waals surface area contributed by atoms with Gasteiger partial charge in [-0.05, 0) is 24.6 Å². The van der Waals surface area contributed by atoms with Crippen LogP contribution in [0.25, 0.3) is 10.9 Å². The molecule has 0 aliphatic carbocycles. The number of carbonyl (C=O) groups excluding carboxylic acids is 1. The van der Waals surface area contributed by atoms with E-state index in [1.165, 1.54) is 7.11 Å². The fourth-order valence-corrected chi connectivity index (χ4v) is 2.22. The van der Waals surface area contributed by atoms with Crippen molar-refractivity contribution in [1.82, 2.24) is 4.98 Å². The zero-order valence-corrected chi connectivity index (χ0v) is 11.9. The van der Waals surface area contributed by atoms with Crippen molar-refractivity contribution in [1.29, 1.82) is 0 Å². The summed E-state index contributed by atoms with van der Waals surface area (Å²) in [7, 11) is 2.92. The first-order valence-electron chi connectivity index (χ1n) is 5.30. The van der Waals surface area contributed by atoms with E-state index in [1.807, 2.05) is 19.1 Å². The van der Waals surface area contributed by atoms with Gasteiger partial charge in [0.2, 0.25) is 5.88 Å². The quantitative estimate of drug-likeness (QED) is 0.800. The lowest BCUT2D eigenvalue weighted by molar-refractivity contribution is 0.0602. The van der Waals surface area contributed by atoms with Gasteiger partial charge in [-0.25, -0.2) is 9.78 Å². The normalized spacial score (nSPS) is 10.4. The molecule has 0 amide bonds. The highest BCUT2D eigenvalue weighted by molar-refractivity contribution is 9.10. The second-order valence-corrected chi connectivity index (χ2v) is 4.62. The van der Waals surface area contributed by atoms with Gasteiger partial charge in [0.05, 0.1) is 25.3 Å². The number of nitrogens with zero attached hydrogens (tertiary/aromatic N) is 1. The Bertz CT molecular complexity index is 625. The van der Waals surface area contributed by atoms with Gasteiger partial charge in [-0.15, -0.1) is 0 Å². The maximum Gasteiger partial charge on any atom is 0.338 e. The number of ether oxygens (including phenoxy) is 2. The van der Waals surface area contributed by atoms with E-state index in [9.17, 15) is 4.79 Å². The lowest BCUT2D eigenvalue weighted by Gasteiger charge is -2.10. The van der Waals surface area contributed by atoms with Crippen LogP contribution in [-0.4, -0.2) is 25.2 Å². The predicted octanol–water partition coefficient (Wildman–Crippen LogP) is 3.10. The molecule has 18 heavy (non-hydrogen) atoms. The third kappa shape index (κ3) is 2.06. The van der Waals surface area contributed by atoms with Crippen LogP contribution in [0.15, 0.2) is 22.7 Å². The first-order chi connectivity index (χ1) is 8.58. The molecule has 2 rings (SSSR count). The number of benzene rings is 1. The number of esters is 1. The van der Waals surface area contributed by atoms with Gasteiger partial charge in [0.1, 0.15) is 0 Å². The summed E-state index contributed by atoms with van der Waals surface area (Å²) in [6.07, 6.45) is 0. The highest BCUT2D eigenvalue weighted by Gasteiger charge is 2.17. The fourth-order valence-electron chi connectivity index (χ4n) is 1.81. The summed E-state index contributed by atoms with van der Waals surface area (Å²) in [5.41, 5.74) is 2.05. The maximum absolute atomic E-state index is 11.9. The van der Waals surface area contributed by atoms with Crippen LogP contribution in [0.2, 0.25) is 0 Å². The van der Waals surface area contributed by atoms with Crippen molar-refractivity contribution < 1.29 is 14.3 Å². The number of hydrogen-bond donors (Lipinski definition) is 0. The predicted molar refractivity (Wildman–Crippen MR) is 72.1 cm³/mol. The molecule has 1 heterocycles. The van der Waals surface area contributed by atoms with E-state index < -0.39 is 0 Å². The van der Waals surface area contributed by atoms with Crippen LogP contribution >= 0.6 is 15.9 Å². The Kier molecular flexibility index (Phi) is 3.52. The Morgan fingerprint density at radius 1 is 1.33 bits per heavy atom. The van der Waals surface area contributed by atoms with E-state index >= 15 is 0 Å². The average Bonchev–Trinajstić information content (AvgIpc) is 2.39. The van der Waals surface area contributed by atoms with E-state index in [0.29, 0.717) is 17.0 Å². The largest absolute Gasteiger partial charge is 0.481 e. The number of aromatic nitrogens is 1. The molecule has 0 spiro atoms. The van der Waals surface area contributed by atoms with Gasteiger partial charge in [-0.2, -0.15) is 0 Å². The number of rotatable bonds is 2. The van der Waals surface area contributed by atoms with Crippen molar-refractivity contribution in [2.75, 3.05) is 14.2 Å². The lowest BCUT2D eigenvalue weighted by Crippen LogP contribution is -2.06. The van der Waals surface area contributed by atoms with Crippen molar-refractivity contribution >= 4 is 32.8 Å². The van der Waals surface area contributed by atoms with Gasteiger partial charge in [0.15, 0.2) is 0 Å². The molecule has 0 saturated carbocycles. The number of carbonyl (C=O) groups is 1. The summed E-state index contributed by atoms with van der Waals surface area (Å²) in [6.45, 7) is 1.86. The van der Waals surface area contributed by atoms with E-state index in [4.69, 9.17) is 9.47 Å². The van der Waals surface area contributed by atoms with E-state index in [2.05, 4.69) is 20.9 Å². The number of fused-ring (bicyclic) bond motifs is 1. The van der Waals surface area contributed by atoms with Crippen molar-refractivity contribution in [3.63, 3.8) is 0 Å². The smallest absolute Gasteiger partial charge is 0.338 e. The fraction of sp³-hybridized carbons (Fsp3) is 0.231. The summed E-state index contributed by atoms with van der Waals surface area (Å²) in [6, 6.07) is 5.40. The van der Waals surface area contributed by atoms with Crippen molar-refractivity contribution in [2.45, 2.75) is 6.92 Å². The molecule has 0 bridgehead atoms. The molecule has 0 radical (unpaired) electrons. The maximum atomic E-state index is 11.9. The molecule has 1 aromatic carbocycles. The highest BCUT2D eigenvalue weighted by atomic mass is 79.9. The van der Waals surface area contributed by atoms with Crippen LogP contribution in [0.5, 0.6) is 5.88 Å². The molecule has 2 aromatic rings. The zero-order valence-electron chi connectivity index (χ0n) is 10.3. The van der Waals surface area contributed by atoms with E-state index in [1.54, 1.807) is 13.2 Å². The van der Waals surface area contributed by atoms with Gasteiger partial charge in [0, 0.05) is 15.9 Å². The Hall–Kier alpha value is -1.62. The number of pyridine rings is 1. The summed E-state index contributed by atoms with van der Waals surface area (Å²) in [5.74, 6) is 0.139. The summed E-state index contributed by atoms with van der Waals surface area (Å²) in [4.78, 5) is 16.2. The lowest BCUT2D eigenvalue weighted by atomic mass is 10.0. The minimum Gasteiger partial charge on any atom is -0.481 e. The zero-order chi connectivity index (χ0) is 13.3. The molecule has 0 saturated heterocycles. The molecule has 0 atom stereocenters. The van der Waals surface area contributed by atoms with Crippen molar-refractivity contribution in [3.8, 4) is 5.88 Å². The van der Waals surface area contributed by atoms with Crippen LogP contribution in [0.3, 0.4) is 0 Å². The van der Waals surface area contributed by atoms with Crippen LogP contribution < -0.4 is 4.74 Å². The summed E-state index contributed by atoms with van der Waals surface area (Å²) >= 11 is 3.42. The monoisotopic (exact) mass is 309 g/mol. The van der Waals surface area contributed by atoms with Crippen LogP contribution in [0.1, 0.15) is 15.9 Å². The van der Waals surface area contributed by atoms with Gasteiger partial charge in [-0.3, -0.25) is 0 Å².